The maximum absolute atomic E-state index is 14.0. The number of esters is 4. The Bertz CT molecular complexity index is 1400. The first-order valence-electron chi connectivity index (χ1n) is 34.8. The van der Waals surface area contributed by atoms with Crippen molar-refractivity contribution < 1.29 is 42.9 Å². The fourth-order valence-corrected chi connectivity index (χ4v) is 11.4. The third kappa shape index (κ3) is 44.3. The van der Waals surface area contributed by atoms with Gasteiger partial charge in [-0.2, -0.15) is 0 Å². The van der Waals surface area contributed by atoms with Crippen LogP contribution < -0.4 is 0 Å². The van der Waals surface area contributed by atoms with Crippen LogP contribution in [0.15, 0.2) is 0 Å². The average Bonchev–Trinajstić information content (AvgIpc) is 3.90. The van der Waals surface area contributed by atoms with Crippen molar-refractivity contribution in [3.8, 4) is 0 Å². The number of unbranched alkanes of at least 4 members (excludes halogenated alkanes) is 34. The van der Waals surface area contributed by atoms with Crippen LogP contribution in [0.1, 0.15) is 349 Å². The van der Waals surface area contributed by atoms with Gasteiger partial charge >= 0.3 is 23.9 Å². The van der Waals surface area contributed by atoms with Crippen molar-refractivity contribution in [2.24, 2.45) is 0 Å². The first kappa shape index (κ1) is 75.8. The van der Waals surface area contributed by atoms with E-state index in [0.29, 0.717) is 58.5 Å². The molecule has 0 unspecified atom stereocenters. The van der Waals surface area contributed by atoms with Gasteiger partial charge in [0.25, 0.3) is 0 Å². The van der Waals surface area contributed by atoms with E-state index < -0.39 is 11.8 Å². The Labute approximate surface area is 494 Å². The highest BCUT2D eigenvalue weighted by molar-refractivity contribution is 5.76. The van der Waals surface area contributed by atoms with Crippen molar-refractivity contribution in [2.75, 3.05) is 46.9 Å². The van der Waals surface area contributed by atoms with Crippen molar-refractivity contribution in [1.29, 1.82) is 0 Å². The summed E-state index contributed by atoms with van der Waals surface area (Å²) in [6.45, 7) is 14.0. The molecule has 0 aromatic rings. The van der Waals surface area contributed by atoms with Gasteiger partial charge in [0.05, 0.1) is 25.7 Å². The lowest BCUT2D eigenvalue weighted by Gasteiger charge is -2.37. The van der Waals surface area contributed by atoms with Crippen molar-refractivity contribution >= 4 is 23.9 Å². The van der Waals surface area contributed by atoms with E-state index in [2.05, 4.69) is 39.5 Å². The Hall–Kier alpha value is -2.24. The zero-order valence-corrected chi connectivity index (χ0v) is 54.0. The van der Waals surface area contributed by atoms with Crippen molar-refractivity contribution in [3.05, 3.63) is 0 Å². The molecule has 0 aliphatic carbocycles. The number of rotatable bonds is 60. The molecule has 1 heterocycles. The topological polar surface area (TPSA) is 121 Å². The molecule has 2 atom stereocenters. The molecule has 0 aromatic carbocycles. The molecule has 1 fully saturated rings. The Morgan fingerprint density at radius 3 is 1.32 bits per heavy atom. The van der Waals surface area contributed by atoms with Crippen molar-refractivity contribution in [3.63, 3.8) is 0 Å². The van der Waals surface area contributed by atoms with Crippen LogP contribution in [-0.4, -0.2) is 105 Å². The van der Waals surface area contributed by atoms with E-state index in [1.165, 1.54) is 173 Å². The van der Waals surface area contributed by atoms with Crippen LogP contribution in [0.3, 0.4) is 0 Å². The Morgan fingerprint density at radius 1 is 0.450 bits per heavy atom. The van der Waals surface area contributed by atoms with E-state index in [9.17, 15) is 19.2 Å². The van der Waals surface area contributed by atoms with Gasteiger partial charge in [-0.1, -0.05) is 253 Å². The standard InChI is InChI=1S/C69H132N2O9/c1-8-13-18-23-28-29-30-37-47-58-76-65(72)51-43-39-46-56-71-61-63(78-66(73)53-57-70(6)7)60-64(71)68(75)77-59-48-38-31-34-42-52-67(74)80-69(54-44-35-26-21-16-11-4,55-45-36-27-22-17-12-5)79-62(49-40-32-24-19-14-9-2)50-41-33-25-20-15-10-3/h62-64H,8-61H2,1-7H3/t63-,64-/m0/s1. The second-order valence-electron chi connectivity index (χ2n) is 24.7. The smallest absolute Gasteiger partial charge is 0.323 e. The van der Waals surface area contributed by atoms with Gasteiger partial charge in [-0.3, -0.25) is 24.1 Å². The molecule has 0 radical (unpaired) electrons. The molecular formula is C69H132N2O9. The summed E-state index contributed by atoms with van der Waals surface area (Å²) in [5.41, 5.74) is 0. The van der Waals surface area contributed by atoms with E-state index in [4.69, 9.17) is 23.7 Å². The molecule has 1 aliphatic heterocycles. The average molecular weight is 1130 g/mol. The van der Waals surface area contributed by atoms with Gasteiger partial charge < -0.3 is 28.6 Å². The van der Waals surface area contributed by atoms with Crippen LogP contribution >= 0.6 is 0 Å². The number of likely N-dealkylation sites (tertiary alicyclic amines) is 1. The van der Waals surface area contributed by atoms with Crippen LogP contribution in [0, 0.1) is 0 Å². The van der Waals surface area contributed by atoms with E-state index in [1.807, 2.05) is 19.0 Å². The van der Waals surface area contributed by atoms with Crippen LogP contribution in [0.4, 0.5) is 0 Å². The number of nitrogens with zero attached hydrogens (tertiary/aromatic N) is 2. The fourth-order valence-electron chi connectivity index (χ4n) is 11.4. The SMILES string of the molecule is CCCCCCCCCCCOC(=O)CCCCCN1C[C@@H](OC(=O)CCN(C)C)C[C@H]1C(=O)OCCCCCCCC(=O)OC(CCCCCCCC)(CCCCCCCC)OC(CCCCCCCC)CCCCCCCC. The minimum Gasteiger partial charge on any atom is -0.466 e. The minimum atomic E-state index is -0.851. The Balaban J connectivity index is 2.82. The van der Waals surface area contributed by atoms with Crippen LogP contribution in [0.25, 0.3) is 0 Å². The number of carbonyl (C=O) groups is 4. The molecule has 80 heavy (non-hydrogen) atoms. The van der Waals surface area contributed by atoms with Gasteiger partial charge in [0, 0.05) is 45.2 Å². The predicted molar refractivity (Wildman–Crippen MR) is 334 cm³/mol. The largest absolute Gasteiger partial charge is 0.466 e. The normalized spacial score (nSPS) is 14.9. The molecular weight excluding hydrogens is 1000 g/mol. The Kier molecular flexibility index (Phi) is 51.8. The molecule has 1 saturated heterocycles. The lowest BCUT2D eigenvalue weighted by molar-refractivity contribution is -0.259. The minimum absolute atomic E-state index is 0.112. The highest BCUT2D eigenvalue weighted by atomic mass is 16.7. The number of carbonyl (C=O) groups excluding carboxylic acids is 4. The molecule has 0 N–H and O–H groups in total. The molecule has 11 nitrogen and oxygen atoms in total. The molecule has 1 aliphatic rings. The zero-order valence-electron chi connectivity index (χ0n) is 54.0. The van der Waals surface area contributed by atoms with Gasteiger partial charge in [-0.25, -0.2) is 0 Å². The fraction of sp³-hybridized carbons (Fsp3) is 0.942. The van der Waals surface area contributed by atoms with Crippen molar-refractivity contribution in [2.45, 2.75) is 373 Å². The van der Waals surface area contributed by atoms with E-state index in [-0.39, 0.29) is 36.1 Å². The van der Waals surface area contributed by atoms with E-state index in [1.54, 1.807) is 0 Å². The zero-order chi connectivity index (χ0) is 58.4. The molecule has 0 spiro atoms. The summed E-state index contributed by atoms with van der Waals surface area (Å²) in [4.78, 5) is 56.9. The second kappa shape index (κ2) is 54.7. The summed E-state index contributed by atoms with van der Waals surface area (Å²) in [7, 11) is 3.87. The predicted octanol–water partition coefficient (Wildman–Crippen LogP) is 19.1. The number of ether oxygens (including phenoxy) is 5. The number of hydrogen-bond donors (Lipinski definition) is 0. The molecule has 0 aromatic heterocycles. The summed E-state index contributed by atoms with van der Waals surface area (Å²) in [6.07, 6.45) is 52.4. The van der Waals surface area contributed by atoms with Gasteiger partial charge in [0.2, 0.25) is 5.79 Å². The van der Waals surface area contributed by atoms with E-state index >= 15 is 0 Å². The first-order chi connectivity index (χ1) is 39.0. The summed E-state index contributed by atoms with van der Waals surface area (Å²) < 4.78 is 31.4. The van der Waals surface area contributed by atoms with Crippen LogP contribution in [0.5, 0.6) is 0 Å². The molecule has 472 valence electrons. The highest BCUT2D eigenvalue weighted by Crippen LogP contribution is 2.34. The lowest BCUT2D eigenvalue weighted by atomic mass is 9.97. The van der Waals surface area contributed by atoms with Crippen LogP contribution in [-0.2, 0) is 42.9 Å². The summed E-state index contributed by atoms with van der Waals surface area (Å²) in [6, 6.07) is -0.464. The van der Waals surface area contributed by atoms with Gasteiger partial charge in [-0.15, -0.1) is 0 Å². The Morgan fingerprint density at radius 2 is 0.850 bits per heavy atom. The third-order valence-corrected chi connectivity index (χ3v) is 16.6. The second-order valence-corrected chi connectivity index (χ2v) is 24.7. The first-order valence-corrected chi connectivity index (χ1v) is 34.8. The van der Waals surface area contributed by atoms with Gasteiger partial charge in [-0.05, 0) is 78.4 Å². The molecule has 0 bridgehead atoms. The van der Waals surface area contributed by atoms with Gasteiger partial charge in [0.1, 0.15) is 12.1 Å². The summed E-state index contributed by atoms with van der Waals surface area (Å²) in [5.74, 6) is -1.59. The van der Waals surface area contributed by atoms with Gasteiger partial charge in [0.15, 0.2) is 0 Å². The quantitative estimate of drug-likeness (QED) is 0.0250. The third-order valence-electron chi connectivity index (χ3n) is 16.6. The maximum atomic E-state index is 14.0. The number of hydrogen-bond acceptors (Lipinski definition) is 11. The molecule has 11 heteroatoms. The highest BCUT2D eigenvalue weighted by Gasteiger charge is 2.40. The lowest BCUT2D eigenvalue weighted by Crippen LogP contribution is -2.42. The molecule has 0 amide bonds. The molecule has 1 rings (SSSR count). The summed E-state index contributed by atoms with van der Waals surface area (Å²) in [5, 5.41) is 0. The summed E-state index contributed by atoms with van der Waals surface area (Å²) >= 11 is 0. The van der Waals surface area contributed by atoms with Crippen LogP contribution in [0.2, 0.25) is 0 Å². The maximum Gasteiger partial charge on any atom is 0.323 e. The monoisotopic (exact) mass is 1130 g/mol. The molecule has 0 saturated carbocycles. The van der Waals surface area contributed by atoms with E-state index in [0.717, 1.165) is 116 Å². The van der Waals surface area contributed by atoms with Crippen molar-refractivity contribution in [1.82, 2.24) is 9.80 Å².